The first-order valence-electron chi connectivity index (χ1n) is 29.0. The first kappa shape index (κ1) is 60.7. The summed E-state index contributed by atoms with van der Waals surface area (Å²) < 4.78 is 12.2. The highest BCUT2D eigenvalue weighted by molar-refractivity contribution is 6.12. The molecule has 79 heavy (non-hydrogen) atoms. The van der Waals surface area contributed by atoms with Gasteiger partial charge in [-0.2, -0.15) is 0 Å². The van der Waals surface area contributed by atoms with Crippen molar-refractivity contribution >= 4 is 52.9 Å². The maximum Gasteiger partial charge on any atom is 0.253 e. The molecule has 4 fully saturated rings. The molecule has 0 radical (unpaired) electrons. The third-order valence-electron chi connectivity index (χ3n) is 18.4. The number of hydrogen-bond donors (Lipinski definition) is 4. The molecule has 2 aliphatic carbocycles. The lowest BCUT2D eigenvalue weighted by Crippen LogP contribution is -2.60. The zero-order chi connectivity index (χ0) is 57.2. The number of methoxy groups -OCH3 is 2. The van der Waals surface area contributed by atoms with E-state index in [1.54, 1.807) is 43.0 Å². The standard InChI is InChI=1S/C61H88N8O10/c1-11-37(4)54(67(8)61(77)53(36(2)3)65-60(76)55-45-27-28-47(38(45)5)66(55)7)49(78-9)33-52(72)68-31-15-18-48(68)56(79-10)39(6)57(73)64-46(32-40-16-13-12-14-17-40)59(75)63-44-25-21-41(22-26-44)34-62-58(74)43-23-19-42(20-24-43)35-69-50(70)29-30-51(69)71/h12-14,16-17,21-22,25-26,29-30,36-39,42-43,45-49,53-56H,11,15,18-20,23-24,27-28,31-35H2,1-10H3,(H,62,74)(H,63,75)(H,64,73)(H,65,76)/t37-,38-,39+,42?,43?,45-,46-,47-,48-,49+,53-,54-,55-,56+/m0/s1. The molecule has 5 aliphatic rings. The number of likely N-dealkylation sites (N-methyl/N-ethyl adjacent to an activating group) is 2. The lowest BCUT2D eigenvalue weighted by atomic mass is 9.81. The molecule has 2 aromatic carbocycles. The van der Waals surface area contributed by atoms with Crippen LogP contribution < -0.4 is 21.3 Å². The Morgan fingerprint density at radius 1 is 0.785 bits per heavy atom. The van der Waals surface area contributed by atoms with Gasteiger partial charge in [-0.05, 0) is 111 Å². The van der Waals surface area contributed by atoms with Gasteiger partial charge in [0.05, 0.1) is 42.7 Å². The molecule has 12 atom stereocenters. The number of likely N-dealkylation sites (tertiary alicyclic amines) is 2. The molecule has 0 spiro atoms. The van der Waals surface area contributed by atoms with Crippen LogP contribution in [0, 0.1) is 41.4 Å². The SMILES string of the molecule is CC[C@H](C)[C@@H]([C@@H](CC(=O)N1CCC[C@H]1[C@H](OC)[C@@H](C)C(=O)N[C@@H](Cc1ccccc1)C(=O)Nc1ccc(CNC(=O)C2CCC(CN3C(=O)C=CC3=O)CC2)cc1)OC)N(C)C(=O)[C@@H](NC(=O)[C@@H]1[C@H]2CC[C@@H]([C@H]2C)N1C)C(C)C. The predicted octanol–water partition coefficient (Wildman–Crippen LogP) is 5.49. The number of anilines is 1. The Hall–Kier alpha value is -5.98. The van der Waals surface area contributed by atoms with Crippen molar-refractivity contribution in [2.75, 3.05) is 46.7 Å². The number of fused-ring (bicyclic) bond motifs is 2. The quantitative estimate of drug-likeness (QED) is 0.0913. The summed E-state index contributed by atoms with van der Waals surface area (Å²) in [5.41, 5.74) is 2.20. The summed E-state index contributed by atoms with van der Waals surface area (Å²) in [4.78, 5) is 116. The van der Waals surface area contributed by atoms with Gasteiger partial charge in [0, 0.05) is 77.1 Å². The van der Waals surface area contributed by atoms with Gasteiger partial charge in [-0.1, -0.05) is 90.4 Å². The first-order valence-corrected chi connectivity index (χ1v) is 29.0. The van der Waals surface area contributed by atoms with Gasteiger partial charge in [0.25, 0.3) is 11.8 Å². The molecular formula is C61H88N8O10. The Morgan fingerprint density at radius 2 is 1.46 bits per heavy atom. The zero-order valence-electron chi connectivity index (χ0n) is 48.3. The minimum Gasteiger partial charge on any atom is -0.379 e. The van der Waals surface area contributed by atoms with Crippen LogP contribution in [0.15, 0.2) is 66.7 Å². The number of rotatable bonds is 25. The van der Waals surface area contributed by atoms with E-state index >= 15 is 0 Å². The van der Waals surface area contributed by atoms with Crippen LogP contribution in [-0.4, -0.2) is 157 Å². The summed E-state index contributed by atoms with van der Waals surface area (Å²) in [6.45, 7) is 13.1. The molecular weight excluding hydrogens is 1000 g/mol. The summed E-state index contributed by atoms with van der Waals surface area (Å²) in [6, 6.07) is 14.0. The Kier molecular flexibility index (Phi) is 21.1. The van der Waals surface area contributed by atoms with Crippen LogP contribution in [0.2, 0.25) is 0 Å². The molecule has 8 amide bonds. The van der Waals surface area contributed by atoms with E-state index in [2.05, 4.69) is 33.1 Å². The molecule has 2 bridgehead atoms. The highest BCUT2D eigenvalue weighted by Crippen LogP contribution is 2.46. The molecule has 3 heterocycles. The van der Waals surface area contributed by atoms with Crippen molar-refractivity contribution in [3.05, 3.63) is 77.9 Å². The zero-order valence-corrected chi connectivity index (χ0v) is 48.3. The first-order chi connectivity index (χ1) is 37.8. The number of imide groups is 1. The van der Waals surface area contributed by atoms with Crippen molar-refractivity contribution < 1.29 is 47.8 Å². The number of benzene rings is 2. The average molecular weight is 1090 g/mol. The molecule has 18 heteroatoms. The maximum absolute atomic E-state index is 14.6. The number of carbonyl (C=O) groups is 8. The van der Waals surface area contributed by atoms with E-state index in [4.69, 9.17) is 9.47 Å². The molecule has 432 valence electrons. The number of amides is 8. The Labute approximate surface area is 467 Å². The molecule has 0 aromatic heterocycles. The van der Waals surface area contributed by atoms with Crippen LogP contribution in [0.5, 0.6) is 0 Å². The lowest BCUT2D eigenvalue weighted by Gasteiger charge is -2.41. The van der Waals surface area contributed by atoms with Crippen LogP contribution in [0.3, 0.4) is 0 Å². The van der Waals surface area contributed by atoms with Gasteiger partial charge in [0.1, 0.15) is 12.1 Å². The molecule has 2 aromatic rings. The summed E-state index contributed by atoms with van der Waals surface area (Å²) in [5.74, 6) is -2.29. The summed E-state index contributed by atoms with van der Waals surface area (Å²) in [7, 11) is 6.85. The summed E-state index contributed by atoms with van der Waals surface area (Å²) >= 11 is 0. The minimum absolute atomic E-state index is 0.0202. The highest BCUT2D eigenvalue weighted by Gasteiger charge is 2.53. The summed E-state index contributed by atoms with van der Waals surface area (Å²) in [5, 5.41) is 12.2. The molecule has 7 rings (SSSR count). The number of nitrogens with one attached hydrogen (secondary N) is 4. The fraction of sp³-hybridized carbons (Fsp3) is 0.639. The van der Waals surface area contributed by atoms with Gasteiger partial charge in [-0.25, -0.2) is 0 Å². The number of carbonyl (C=O) groups excluding carboxylic acids is 8. The fourth-order valence-electron chi connectivity index (χ4n) is 13.5. The van der Waals surface area contributed by atoms with Gasteiger partial charge >= 0.3 is 0 Å². The molecule has 0 unspecified atom stereocenters. The maximum atomic E-state index is 14.6. The fourth-order valence-corrected chi connectivity index (χ4v) is 13.5. The van der Waals surface area contributed by atoms with Crippen molar-refractivity contribution in [3.63, 3.8) is 0 Å². The van der Waals surface area contributed by atoms with Crippen molar-refractivity contribution in [2.24, 2.45) is 41.4 Å². The second kappa shape index (κ2) is 27.5. The molecule has 2 saturated heterocycles. The van der Waals surface area contributed by atoms with E-state index in [1.807, 2.05) is 77.2 Å². The van der Waals surface area contributed by atoms with Crippen molar-refractivity contribution in [1.82, 2.24) is 35.6 Å². The topological polar surface area (TPSA) is 216 Å². The lowest BCUT2D eigenvalue weighted by molar-refractivity contribution is -0.148. The van der Waals surface area contributed by atoms with Crippen molar-refractivity contribution in [1.29, 1.82) is 0 Å². The van der Waals surface area contributed by atoms with Crippen LogP contribution in [0.1, 0.15) is 117 Å². The number of hydrogen-bond acceptors (Lipinski definition) is 11. The second-order valence-corrected chi connectivity index (χ2v) is 23.6. The van der Waals surface area contributed by atoms with Crippen LogP contribution >= 0.6 is 0 Å². The van der Waals surface area contributed by atoms with Crippen molar-refractivity contribution in [2.45, 2.75) is 167 Å². The van der Waals surface area contributed by atoms with Gasteiger partial charge in [-0.15, -0.1) is 0 Å². The molecule has 18 nitrogen and oxygen atoms in total. The Bertz CT molecular complexity index is 2480. The van der Waals surface area contributed by atoms with Crippen LogP contribution in [0.4, 0.5) is 5.69 Å². The van der Waals surface area contributed by atoms with E-state index in [0.717, 1.165) is 36.8 Å². The number of ether oxygens (including phenoxy) is 2. The normalized spacial score (nSPS) is 25.6. The largest absolute Gasteiger partial charge is 0.379 e. The van der Waals surface area contributed by atoms with Gasteiger partial charge in [0.15, 0.2) is 0 Å². The van der Waals surface area contributed by atoms with Crippen LogP contribution in [0.25, 0.3) is 0 Å². The van der Waals surface area contributed by atoms with E-state index < -0.39 is 54.1 Å². The third-order valence-corrected chi connectivity index (χ3v) is 18.4. The van der Waals surface area contributed by atoms with Gasteiger partial charge < -0.3 is 40.5 Å². The third kappa shape index (κ3) is 14.3. The Balaban J connectivity index is 0.948. The van der Waals surface area contributed by atoms with E-state index in [0.29, 0.717) is 69.4 Å². The average Bonchev–Trinajstić information content (AvgIpc) is 4.27. The van der Waals surface area contributed by atoms with Crippen LogP contribution in [-0.2, 0) is 60.8 Å². The molecule has 3 aliphatic heterocycles. The molecule has 4 N–H and O–H groups in total. The van der Waals surface area contributed by atoms with E-state index in [-0.39, 0.29) is 83.9 Å². The smallest absolute Gasteiger partial charge is 0.253 e. The van der Waals surface area contributed by atoms with E-state index in [1.165, 1.54) is 24.2 Å². The van der Waals surface area contributed by atoms with E-state index in [9.17, 15) is 38.4 Å². The van der Waals surface area contributed by atoms with Gasteiger partial charge in [0.2, 0.25) is 35.4 Å². The monoisotopic (exact) mass is 1090 g/mol. The predicted molar refractivity (Wildman–Crippen MR) is 300 cm³/mol. The Morgan fingerprint density at radius 3 is 2.05 bits per heavy atom. The molecule has 2 saturated carbocycles. The second-order valence-electron chi connectivity index (χ2n) is 23.6. The number of piperidine rings is 1. The highest BCUT2D eigenvalue weighted by atomic mass is 16.5. The minimum atomic E-state index is -0.968. The van der Waals surface area contributed by atoms with Gasteiger partial charge in [-0.3, -0.25) is 48.2 Å². The van der Waals surface area contributed by atoms with Crippen molar-refractivity contribution in [3.8, 4) is 0 Å². The summed E-state index contributed by atoms with van der Waals surface area (Å²) in [6.07, 6.45) is 8.34. The number of nitrogens with zero attached hydrogens (tertiary/aromatic N) is 4.